The van der Waals surface area contributed by atoms with Gasteiger partial charge in [0.05, 0.1) is 6.20 Å². The van der Waals surface area contributed by atoms with Gasteiger partial charge in [-0.1, -0.05) is 36.4 Å². The molecule has 4 rings (SSSR count). The molecular weight excluding hydrogens is 346 g/mol. The van der Waals surface area contributed by atoms with Gasteiger partial charge < -0.3 is 10.2 Å². The predicted octanol–water partition coefficient (Wildman–Crippen LogP) is 4.69. The van der Waals surface area contributed by atoms with E-state index in [0.29, 0.717) is 5.95 Å². The molecular formula is C23H27N5. The zero-order valence-electron chi connectivity index (χ0n) is 16.6. The number of aromatic nitrogens is 3. The van der Waals surface area contributed by atoms with E-state index in [1.807, 2.05) is 0 Å². The first-order valence-corrected chi connectivity index (χ1v) is 9.99. The third kappa shape index (κ3) is 4.66. The molecule has 1 fully saturated rings. The molecule has 144 valence electrons. The Morgan fingerprint density at radius 1 is 1.00 bits per heavy atom. The van der Waals surface area contributed by atoms with Gasteiger partial charge in [0.2, 0.25) is 5.95 Å². The van der Waals surface area contributed by atoms with E-state index in [-0.39, 0.29) is 0 Å². The summed E-state index contributed by atoms with van der Waals surface area (Å²) >= 11 is 0. The molecule has 0 bridgehead atoms. The Bertz CT molecular complexity index is 897. The molecule has 1 aliphatic heterocycles. The maximum absolute atomic E-state index is 4.70. The lowest BCUT2D eigenvalue weighted by Crippen LogP contribution is -2.35. The summed E-state index contributed by atoms with van der Waals surface area (Å²) in [5.41, 5.74) is 4.86. The van der Waals surface area contributed by atoms with Gasteiger partial charge in [-0.25, -0.2) is 0 Å². The van der Waals surface area contributed by atoms with Crippen LogP contribution in [0, 0.1) is 19.8 Å². The van der Waals surface area contributed by atoms with E-state index >= 15 is 0 Å². The van der Waals surface area contributed by atoms with Gasteiger partial charge in [-0.3, -0.25) is 0 Å². The van der Waals surface area contributed by atoms with Gasteiger partial charge in [-0.15, -0.1) is 5.10 Å². The van der Waals surface area contributed by atoms with E-state index < -0.39 is 0 Å². The lowest BCUT2D eigenvalue weighted by molar-refractivity contribution is 0.402. The second-order valence-corrected chi connectivity index (χ2v) is 7.76. The number of benzene rings is 2. The smallest absolute Gasteiger partial charge is 0.249 e. The molecule has 0 radical (unpaired) electrons. The second kappa shape index (κ2) is 8.38. The highest BCUT2D eigenvalue weighted by molar-refractivity contribution is 5.56. The van der Waals surface area contributed by atoms with Crippen molar-refractivity contribution in [1.29, 1.82) is 0 Å². The van der Waals surface area contributed by atoms with Crippen molar-refractivity contribution in [2.75, 3.05) is 23.3 Å². The quantitative estimate of drug-likeness (QED) is 0.703. The van der Waals surface area contributed by atoms with Crippen LogP contribution in [0.3, 0.4) is 0 Å². The maximum Gasteiger partial charge on any atom is 0.249 e. The van der Waals surface area contributed by atoms with Crippen molar-refractivity contribution in [2.45, 2.75) is 33.1 Å². The van der Waals surface area contributed by atoms with Crippen molar-refractivity contribution in [1.82, 2.24) is 15.2 Å². The highest BCUT2D eigenvalue weighted by atomic mass is 15.3. The van der Waals surface area contributed by atoms with Crippen LogP contribution in [0.1, 0.15) is 29.5 Å². The molecule has 2 aromatic carbocycles. The Kier molecular flexibility index (Phi) is 5.51. The van der Waals surface area contributed by atoms with Crippen LogP contribution in [0.25, 0.3) is 0 Å². The number of piperidine rings is 1. The fourth-order valence-corrected chi connectivity index (χ4v) is 3.99. The zero-order chi connectivity index (χ0) is 19.3. The molecule has 5 heteroatoms. The molecule has 1 saturated heterocycles. The summed E-state index contributed by atoms with van der Waals surface area (Å²) in [5.74, 6) is 2.19. The van der Waals surface area contributed by atoms with E-state index in [0.717, 1.165) is 36.9 Å². The number of rotatable bonds is 5. The Balaban J connectivity index is 1.38. The van der Waals surface area contributed by atoms with E-state index in [1.165, 1.54) is 29.5 Å². The third-order valence-corrected chi connectivity index (χ3v) is 5.33. The molecule has 1 aliphatic rings. The average Bonchev–Trinajstić information content (AvgIpc) is 2.69. The van der Waals surface area contributed by atoms with Gasteiger partial charge in [0, 0.05) is 18.8 Å². The molecule has 5 nitrogen and oxygen atoms in total. The van der Waals surface area contributed by atoms with Gasteiger partial charge >= 0.3 is 0 Å². The zero-order valence-corrected chi connectivity index (χ0v) is 16.6. The van der Waals surface area contributed by atoms with Gasteiger partial charge in [-0.05, 0) is 67.9 Å². The number of aryl methyl sites for hydroxylation is 2. The highest BCUT2D eigenvalue weighted by Gasteiger charge is 2.21. The number of hydrogen-bond acceptors (Lipinski definition) is 5. The number of hydrogen-bond donors (Lipinski definition) is 1. The Hall–Kier alpha value is -2.95. The lowest BCUT2D eigenvalue weighted by atomic mass is 9.90. The molecule has 0 aliphatic carbocycles. The molecule has 0 spiro atoms. The first-order valence-electron chi connectivity index (χ1n) is 9.99. The van der Waals surface area contributed by atoms with Crippen LogP contribution >= 0.6 is 0 Å². The van der Waals surface area contributed by atoms with Gasteiger partial charge in [0.1, 0.15) is 0 Å². The molecule has 28 heavy (non-hydrogen) atoms. The van der Waals surface area contributed by atoms with Crippen molar-refractivity contribution >= 4 is 17.5 Å². The van der Waals surface area contributed by atoms with Crippen LogP contribution in [0.5, 0.6) is 0 Å². The molecule has 1 aromatic heterocycles. The Morgan fingerprint density at radius 3 is 2.43 bits per heavy atom. The number of nitrogens with one attached hydrogen (secondary N) is 1. The van der Waals surface area contributed by atoms with Gasteiger partial charge in [-0.2, -0.15) is 10.1 Å². The summed E-state index contributed by atoms with van der Waals surface area (Å²) in [5, 5.41) is 11.6. The number of anilines is 3. The molecule has 0 atom stereocenters. The van der Waals surface area contributed by atoms with E-state index in [1.54, 1.807) is 6.20 Å². The van der Waals surface area contributed by atoms with Crippen LogP contribution < -0.4 is 10.2 Å². The summed E-state index contributed by atoms with van der Waals surface area (Å²) in [6.07, 6.45) is 5.29. The fraction of sp³-hybridized carbons (Fsp3) is 0.348. The van der Waals surface area contributed by atoms with Crippen molar-refractivity contribution in [3.8, 4) is 0 Å². The van der Waals surface area contributed by atoms with Crippen LogP contribution in [0.2, 0.25) is 0 Å². The first-order chi connectivity index (χ1) is 13.7. The monoisotopic (exact) mass is 373 g/mol. The Labute approximate surface area is 166 Å². The SMILES string of the molecule is Cc1cc(C)cc(Nc2nncc(N3CCC(Cc4ccccc4)CC3)n2)c1. The molecule has 1 N–H and O–H groups in total. The summed E-state index contributed by atoms with van der Waals surface area (Å²) in [6.45, 7) is 6.21. The van der Waals surface area contributed by atoms with E-state index in [2.05, 4.69) is 82.8 Å². The summed E-state index contributed by atoms with van der Waals surface area (Å²) < 4.78 is 0. The lowest BCUT2D eigenvalue weighted by Gasteiger charge is -2.32. The predicted molar refractivity (Wildman–Crippen MR) is 114 cm³/mol. The minimum Gasteiger partial charge on any atom is -0.355 e. The maximum atomic E-state index is 4.70. The molecule has 0 saturated carbocycles. The standard InChI is InChI=1S/C23H27N5/c1-17-12-18(2)14-21(13-17)25-23-26-22(16-24-27-23)28-10-8-20(9-11-28)15-19-6-4-3-5-7-19/h3-7,12-14,16,20H,8-11,15H2,1-2H3,(H,25,26,27). The van der Waals surface area contributed by atoms with Gasteiger partial charge in [0.15, 0.2) is 5.82 Å². The summed E-state index contributed by atoms with van der Waals surface area (Å²) in [7, 11) is 0. The molecule has 0 amide bonds. The van der Waals surface area contributed by atoms with Crippen LogP contribution in [-0.4, -0.2) is 28.3 Å². The molecule has 0 unspecified atom stereocenters. The topological polar surface area (TPSA) is 53.9 Å². The number of nitrogens with zero attached hydrogens (tertiary/aromatic N) is 4. The van der Waals surface area contributed by atoms with Crippen molar-refractivity contribution < 1.29 is 0 Å². The third-order valence-electron chi connectivity index (χ3n) is 5.33. The molecule has 2 heterocycles. The largest absolute Gasteiger partial charge is 0.355 e. The van der Waals surface area contributed by atoms with E-state index in [9.17, 15) is 0 Å². The summed E-state index contributed by atoms with van der Waals surface area (Å²) in [6, 6.07) is 17.1. The van der Waals surface area contributed by atoms with Crippen LogP contribution in [-0.2, 0) is 6.42 Å². The highest BCUT2D eigenvalue weighted by Crippen LogP contribution is 2.25. The molecule has 3 aromatic rings. The average molecular weight is 374 g/mol. The fourth-order valence-electron chi connectivity index (χ4n) is 3.99. The minimum absolute atomic E-state index is 0.550. The van der Waals surface area contributed by atoms with E-state index in [4.69, 9.17) is 4.98 Å². The van der Waals surface area contributed by atoms with Crippen LogP contribution in [0.4, 0.5) is 17.5 Å². The van der Waals surface area contributed by atoms with Crippen molar-refractivity contribution in [3.05, 3.63) is 71.4 Å². The van der Waals surface area contributed by atoms with Crippen molar-refractivity contribution in [3.63, 3.8) is 0 Å². The normalized spacial score (nSPS) is 14.9. The second-order valence-electron chi connectivity index (χ2n) is 7.76. The van der Waals surface area contributed by atoms with Crippen LogP contribution in [0.15, 0.2) is 54.7 Å². The minimum atomic E-state index is 0.550. The Morgan fingerprint density at radius 2 is 1.71 bits per heavy atom. The summed E-state index contributed by atoms with van der Waals surface area (Å²) in [4.78, 5) is 7.02. The van der Waals surface area contributed by atoms with Crippen molar-refractivity contribution in [2.24, 2.45) is 5.92 Å². The van der Waals surface area contributed by atoms with Gasteiger partial charge in [0.25, 0.3) is 0 Å². The first kappa shape index (κ1) is 18.4.